The fourth-order valence-electron chi connectivity index (χ4n) is 2.42. The molecule has 1 atom stereocenters. The van der Waals surface area contributed by atoms with Crippen LogP contribution in [0, 0.1) is 0 Å². The fraction of sp³-hybridized carbons (Fsp3) is 0.688. The van der Waals surface area contributed by atoms with Crippen molar-refractivity contribution in [1.29, 1.82) is 0 Å². The van der Waals surface area contributed by atoms with Crippen LogP contribution in [0.25, 0.3) is 0 Å². The molecule has 0 aliphatic carbocycles. The van der Waals surface area contributed by atoms with Crippen molar-refractivity contribution >= 4 is 5.97 Å². The number of methoxy groups -OCH3 is 1. The maximum atomic E-state index is 11.4. The van der Waals surface area contributed by atoms with E-state index in [0.29, 0.717) is 5.76 Å². The first-order chi connectivity index (χ1) is 9.10. The lowest BCUT2D eigenvalue weighted by atomic mass is 9.92. The van der Waals surface area contributed by atoms with Gasteiger partial charge >= 0.3 is 5.97 Å². The van der Waals surface area contributed by atoms with E-state index in [1.165, 1.54) is 26.0 Å². The Kier molecular flexibility index (Phi) is 6.13. The van der Waals surface area contributed by atoms with E-state index >= 15 is 0 Å². The van der Waals surface area contributed by atoms with Gasteiger partial charge in [0.05, 0.1) is 13.2 Å². The van der Waals surface area contributed by atoms with Gasteiger partial charge in [-0.05, 0) is 37.3 Å². The number of rotatable bonds is 7. The molecule has 1 unspecified atom stereocenters. The number of ether oxygens (including phenoxy) is 2. The van der Waals surface area contributed by atoms with E-state index in [9.17, 15) is 4.79 Å². The topological polar surface area (TPSA) is 35.5 Å². The number of carbonyl (C=O) groups excluding carboxylic acids is 1. The number of esters is 1. The molecule has 3 nitrogen and oxygen atoms in total. The Labute approximate surface area is 116 Å². The molecule has 0 spiro atoms. The van der Waals surface area contributed by atoms with Gasteiger partial charge in [0.15, 0.2) is 0 Å². The first kappa shape index (κ1) is 15.8. The second-order valence-corrected chi connectivity index (χ2v) is 5.03. The third-order valence-corrected chi connectivity index (χ3v) is 3.70. The van der Waals surface area contributed by atoms with E-state index in [1.54, 1.807) is 0 Å². The van der Waals surface area contributed by atoms with Gasteiger partial charge in [-0.2, -0.15) is 0 Å². The molecule has 1 rings (SSSR count). The molecule has 1 aliphatic heterocycles. The van der Waals surface area contributed by atoms with Gasteiger partial charge in [0, 0.05) is 0 Å². The zero-order valence-corrected chi connectivity index (χ0v) is 12.6. The van der Waals surface area contributed by atoms with Gasteiger partial charge in [-0.3, -0.25) is 0 Å². The summed E-state index contributed by atoms with van der Waals surface area (Å²) in [5, 5.41) is 0. The van der Waals surface area contributed by atoms with Gasteiger partial charge in [-0.1, -0.05) is 33.6 Å². The lowest BCUT2D eigenvalue weighted by Gasteiger charge is -2.26. The Balaban J connectivity index is 2.85. The van der Waals surface area contributed by atoms with Gasteiger partial charge in [-0.25, -0.2) is 4.79 Å². The van der Waals surface area contributed by atoms with Crippen molar-refractivity contribution in [1.82, 2.24) is 0 Å². The van der Waals surface area contributed by atoms with E-state index in [2.05, 4.69) is 31.6 Å². The second-order valence-electron chi connectivity index (χ2n) is 5.03. The van der Waals surface area contributed by atoms with E-state index in [0.717, 1.165) is 31.3 Å². The highest BCUT2D eigenvalue weighted by Gasteiger charge is 2.35. The molecule has 19 heavy (non-hydrogen) atoms. The standard InChI is InChI=1S/C16H26O3/c1-5-8-9-10-16(7-3)12-13(6-2)14(19-16)11-15(17)18-4/h11-12H,5-10H2,1-4H3/b14-11-. The third kappa shape index (κ3) is 4.12. The first-order valence-corrected chi connectivity index (χ1v) is 7.31. The normalized spacial score (nSPS) is 24.2. The molecule has 0 aromatic rings. The first-order valence-electron chi connectivity index (χ1n) is 7.31. The van der Waals surface area contributed by atoms with Crippen molar-refractivity contribution in [2.24, 2.45) is 0 Å². The molecule has 0 N–H and O–H groups in total. The smallest absolute Gasteiger partial charge is 0.334 e. The largest absolute Gasteiger partial charge is 0.483 e. The number of hydrogen-bond donors (Lipinski definition) is 0. The van der Waals surface area contributed by atoms with Crippen molar-refractivity contribution in [3.63, 3.8) is 0 Å². The summed E-state index contributed by atoms with van der Waals surface area (Å²) in [4.78, 5) is 11.4. The maximum absolute atomic E-state index is 11.4. The predicted octanol–water partition coefficient (Wildman–Crippen LogP) is 4.14. The molecule has 1 heterocycles. The zero-order valence-electron chi connectivity index (χ0n) is 12.6. The number of allylic oxidation sites excluding steroid dienone is 1. The number of unbranched alkanes of at least 4 members (excludes halogenated alkanes) is 2. The lowest BCUT2D eigenvalue weighted by molar-refractivity contribution is -0.135. The van der Waals surface area contributed by atoms with Crippen LogP contribution in [0.5, 0.6) is 0 Å². The molecule has 0 aromatic heterocycles. The monoisotopic (exact) mass is 266 g/mol. The van der Waals surface area contributed by atoms with Crippen LogP contribution in [0.1, 0.15) is 59.3 Å². The number of carbonyl (C=O) groups is 1. The Bertz CT molecular complexity index is 368. The van der Waals surface area contributed by atoms with Gasteiger partial charge < -0.3 is 9.47 Å². The summed E-state index contributed by atoms with van der Waals surface area (Å²) < 4.78 is 10.8. The molecule has 1 aliphatic rings. The molecule has 0 saturated carbocycles. The third-order valence-electron chi connectivity index (χ3n) is 3.70. The summed E-state index contributed by atoms with van der Waals surface area (Å²) >= 11 is 0. The summed E-state index contributed by atoms with van der Waals surface area (Å²) in [5.41, 5.74) is 0.893. The van der Waals surface area contributed by atoms with Crippen LogP contribution in [-0.2, 0) is 14.3 Å². The van der Waals surface area contributed by atoms with Crippen LogP contribution in [0.15, 0.2) is 23.5 Å². The Hall–Kier alpha value is -1.25. The van der Waals surface area contributed by atoms with Gasteiger partial charge in [0.2, 0.25) is 0 Å². The van der Waals surface area contributed by atoms with Crippen LogP contribution in [0.4, 0.5) is 0 Å². The van der Waals surface area contributed by atoms with Crippen LogP contribution in [0.3, 0.4) is 0 Å². The average Bonchev–Trinajstić information content (AvgIpc) is 2.77. The van der Waals surface area contributed by atoms with Crippen LogP contribution >= 0.6 is 0 Å². The summed E-state index contributed by atoms with van der Waals surface area (Å²) in [6.07, 6.45) is 10.1. The highest BCUT2D eigenvalue weighted by Crippen LogP contribution is 2.39. The molecular weight excluding hydrogens is 240 g/mol. The molecule has 3 heteroatoms. The summed E-state index contributed by atoms with van der Waals surface area (Å²) in [7, 11) is 1.39. The van der Waals surface area contributed by atoms with E-state index in [1.807, 2.05) is 0 Å². The SMILES string of the molecule is CCCCCC1(CC)C=C(CC)/C(=C/C(=O)OC)O1. The fourth-order valence-corrected chi connectivity index (χ4v) is 2.42. The molecule has 0 aromatic carbocycles. The summed E-state index contributed by atoms with van der Waals surface area (Å²) in [5.74, 6) is 0.336. The summed E-state index contributed by atoms with van der Waals surface area (Å²) in [6, 6.07) is 0. The van der Waals surface area contributed by atoms with Gasteiger partial charge in [0.25, 0.3) is 0 Å². The van der Waals surface area contributed by atoms with E-state index in [-0.39, 0.29) is 11.6 Å². The van der Waals surface area contributed by atoms with Crippen molar-refractivity contribution in [3.8, 4) is 0 Å². The Morgan fingerprint density at radius 3 is 2.63 bits per heavy atom. The molecule has 0 bridgehead atoms. The highest BCUT2D eigenvalue weighted by molar-refractivity contribution is 5.83. The lowest BCUT2D eigenvalue weighted by Crippen LogP contribution is -2.25. The van der Waals surface area contributed by atoms with Gasteiger partial charge in [-0.15, -0.1) is 0 Å². The molecule has 108 valence electrons. The minimum Gasteiger partial charge on any atom is -0.483 e. The predicted molar refractivity (Wildman–Crippen MR) is 76.7 cm³/mol. The summed E-state index contributed by atoms with van der Waals surface area (Å²) in [6.45, 7) is 6.42. The number of hydrogen-bond acceptors (Lipinski definition) is 3. The van der Waals surface area contributed by atoms with Gasteiger partial charge in [0.1, 0.15) is 11.4 Å². The van der Waals surface area contributed by atoms with Crippen molar-refractivity contribution < 1.29 is 14.3 Å². The Morgan fingerprint density at radius 1 is 1.37 bits per heavy atom. The molecule has 0 saturated heterocycles. The van der Waals surface area contributed by atoms with Crippen molar-refractivity contribution in [3.05, 3.63) is 23.5 Å². The maximum Gasteiger partial charge on any atom is 0.334 e. The van der Waals surface area contributed by atoms with Crippen LogP contribution in [0.2, 0.25) is 0 Å². The molecule has 0 amide bonds. The quantitative estimate of drug-likeness (QED) is 0.395. The van der Waals surface area contributed by atoms with Crippen LogP contribution in [-0.4, -0.2) is 18.7 Å². The molecular formula is C16H26O3. The van der Waals surface area contributed by atoms with Crippen molar-refractivity contribution in [2.75, 3.05) is 7.11 Å². The zero-order chi connectivity index (χ0) is 14.3. The van der Waals surface area contributed by atoms with E-state index in [4.69, 9.17) is 4.74 Å². The molecule has 0 fully saturated rings. The van der Waals surface area contributed by atoms with E-state index < -0.39 is 0 Å². The minimum absolute atomic E-state index is 0.222. The highest BCUT2D eigenvalue weighted by atomic mass is 16.5. The van der Waals surface area contributed by atoms with Crippen molar-refractivity contribution in [2.45, 2.75) is 64.9 Å². The molecule has 0 radical (unpaired) electrons. The van der Waals surface area contributed by atoms with Crippen LogP contribution < -0.4 is 0 Å². The second kappa shape index (κ2) is 7.37. The average molecular weight is 266 g/mol. The Morgan fingerprint density at radius 2 is 2.11 bits per heavy atom. The minimum atomic E-state index is -0.352.